The van der Waals surface area contributed by atoms with E-state index < -0.39 is 11.6 Å². The number of carbonyl (C=O) groups is 2. The molecule has 7 heteroatoms. The van der Waals surface area contributed by atoms with Crippen LogP contribution in [-0.4, -0.2) is 45.6 Å². The van der Waals surface area contributed by atoms with Gasteiger partial charge in [-0.15, -0.1) is 0 Å². The Balaban J connectivity index is 1.58. The minimum absolute atomic E-state index is 0.147. The van der Waals surface area contributed by atoms with Gasteiger partial charge in [0.25, 0.3) is 5.91 Å². The van der Waals surface area contributed by atoms with Gasteiger partial charge in [-0.3, -0.25) is 9.59 Å². The first-order valence-corrected chi connectivity index (χ1v) is 8.66. The minimum atomic E-state index is -1.13. The normalized spacial score (nSPS) is 21.6. The summed E-state index contributed by atoms with van der Waals surface area (Å²) in [6, 6.07) is 0. The topological polar surface area (TPSA) is 85.5 Å². The Morgan fingerprint density at radius 3 is 2.75 bits per heavy atom. The summed E-state index contributed by atoms with van der Waals surface area (Å²) in [7, 11) is 0. The number of amides is 1. The van der Waals surface area contributed by atoms with E-state index in [-0.39, 0.29) is 5.91 Å². The van der Waals surface area contributed by atoms with E-state index in [0.29, 0.717) is 37.2 Å². The zero-order valence-corrected chi connectivity index (χ0v) is 14.6. The van der Waals surface area contributed by atoms with Gasteiger partial charge in [0.1, 0.15) is 0 Å². The van der Waals surface area contributed by atoms with Gasteiger partial charge < -0.3 is 14.2 Å². The molecule has 7 nitrogen and oxygen atoms in total. The summed E-state index contributed by atoms with van der Waals surface area (Å²) in [5.41, 5.74) is -1.13. The average Bonchev–Trinajstić information content (AvgIpc) is 3.26. The number of carbonyl (C=O) groups excluding carboxylic acids is 2. The standard InChI is InChI=1S/C17H25N3O4/c1-11(21)23-17(2,3)16(22)20-8-4-5-12(10-20)9-14-18-15(19-24-14)13-6-7-13/h12-13H,4-10H2,1-3H3. The first-order chi connectivity index (χ1) is 11.3. The molecule has 1 atom stereocenters. The molecule has 3 rings (SSSR count). The Morgan fingerprint density at radius 1 is 1.33 bits per heavy atom. The highest BCUT2D eigenvalue weighted by atomic mass is 16.6. The lowest BCUT2D eigenvalue weighted by Crippen LogP contribution is -2.51. The van der Waals surface area contributed by atoms with Crippen LogP contribution >= 0.6 is 0 Å². The van der Waals surface area contributed by atoms with Gasteiger partial charge in [-0.05, 0) is 45.4 Å². The molecule has 2 aliphatic rings. The largest absolute Gasteiger partial charge is 0.450 e. The fraction of sp³-hybridized carbons (Fsp3) is 0.765. The van der Waals surface area contributed by atoms with Crippen LogP contribution in [0.15, 0.2) is 4.52 Å². The maximum atomic E-state index is 12.7. The van der Waals surface area contributed by atoms with Gasteiger partial charge in [-0.2, -0.15) is 4.98 Å². The predicted octanol–water partition coefficient (Wildman–Crippen LogP) is 2.07. The summed E-state index contributed by atoms with van der Waals surface area (Å²) in [5, 5.41) is 4.05. The number of hydrogen-bond donors (Lipinski definition) is 0. The van der Waals surface area contributed by atoms with Crippen LogP contribution in [0.3, 0.4) is 0 Å². The predicted molar refractivity (Wildman–Crippen MR) is 85.1 cm³/mol. The second kappa shape index (κ2) is 6.53. The molecule has 1 unspecified atom stereocenters. The molecule has 132 valence electrons. The molecular formula is C17H25N3O4. The third-order valence-electron chi connectivity index (χ3n) is 4.61. The number of nitrogens with zero attached hydrogens (tertiary/aromatic N) is 3. The van der Waals surface area contributed by atoms with Gasteiger partial charge in [0, 0.05) is 32.4 Å². The smallest absolute Gasteiger partial charge is 0.303 e. The third-order valence-corrected chi connectivity index (χ3v) is 4.61. The van der Waals surface area contributed by atoms with Crippen molar-refractivity contribution in [3.63, 3.8) is 0 Å². The fourth-order valence-corrected chi connectivity index (χ4v) is 3.31. The first kappa shape index (κ1) is 16.9. The molecule has 24 heavy (non-hydrogen) atoms. The molecule has 2 fully saturated rings. The Kier molecular flexibility index (Phi) is 4.60. The zero-order valence-electron chi connectivity index (χ0n) is 14.6. The van der Waals surface area contributed by atoms with Crippen molar-refractivity contribution in [1.29, 1.82) is 0 Å². The fourth-order valence-electron chi connectivity index (χ4n) is 3.31. The summed E-state index contributed by atoms with van der Waals surface area (Å²) in [5.74, 6) is 1.67. The van der Waals surface area contributed by atoms with Crippen LogP contribution in [0, 0.1) is 5.92 Å². The zero-order chi connectivity index (χ0) is 17.3. The van der Waals surface area contributed by atoms with Gasteiger partial charge in [-0.1, -0.05) is 5.16 Å². The number of esters is 1. The van der Waals surface area contributed by atoms with Crippen molar-refractivity contribution >= 4 is 11.9 Å². The van der Waals surface area contributed by atoms with Gasteiger partial charge in [-0.25, -0.2) is 0 Å². The summed E-state index contributed by atoms with van der Waals surface area (Å²) >= 11 is 0. The van der Waals surface area contributed by atoms with E-state index in [1.165, 1.54) is 6.92 Å². The lowest BCUT2D eigenvalue weighted by atomic mass is 9.93. The molecule has 0 bridgehead atoms. The maximum Gasteiger partial charge on any atom is 0.303 e. The van der Waals surface area contributed by atoms with Crippen LogP contribution in [0.4, 0.5) is 0 Å². The number of rotatable bonds is 5. The molecule has 1 amide bonds. The van der Waals surface area contributed by atoms with Crippen LogP contribution in [0.25, 0.3) is 0 Å². The van der Waals surface area contributed by atoms with Gasteiger partial charge in [0.2, 0.25) is 5.89 Å². The van der Waals surface area contributed by atoms with Crippen molar-refractivity contribution in [2.45, 2.75) is 64.4 Å². The number of aromatic nitrogens is 2. The number of ether oxygens (including phenoxy) is 1. The van der Waals surface area contributed by atoms with Gasteiger partial charge in [0.05, 0.1) is 0 Å². The van der Waals surface area contributed by atoms with Crippen LogP contribution in [0.1, 0.15) is 64.1 Å². The summed E-state index contributed by atoms with van der Waals surface area (Å²) in [6.45, 7) is 5.92. The van der Waals surface area contributed by atoms with E-state index in [2.05, 4.69) is 10.1 Å². The van der Waals surface area contributed by atoms with E-state index >= 15 is 0 Å². The van der Waals surface area contributed by atoms with Crippen molar-refractivity contribution in [3.8, 4) is 0 Å². The third kappa shape index (κ3) is 3.94. The minimum Gasteiger partial charge on any atom is -0.450 e. The highest BCUT2D eigenvalue weighted by Crippen LogP contribution is 2.38. The van der Waals surface area contributed by atoms with Gasteiger partial charge in [0.15, 0.2) is 11.4 Å². The molecule has 1 aromatic heterocycles. The highest BCUT2D eigenvalue weighted by Gasteiger charge is 2.37. The molecule has 1 saturated carbocycles. The van der Waals surface area contributed by atoms with Crippen molar-refractivity contribution < 1.29 is 18.8 Å². The van der Waals surface area contributed by atoms with Crippen molar-refractivity contribution in [2.24, 2.45) is 5.92 Å². The lowest BCUT2D eigenvalue weighted by molar-refractivity contribution is -0.169. The average molecular weight is 335 g/mol. The van der Waals surface area contributed by atoms with Crippen molar-refractivity contribution in [1.82, 2.24) is 15.0 Å². The number of likely N-dealkylation sites (tertiary alicyclic amines) is 1. The Bertz CT molecular complexity index is 621. The van der Waals surface area contributed by atoms with Crippen LogP contribution < -0.4 is 0 Å². The van der Waals surface area contributed by atoms with Crippen LogP contribution in [0.5, 0.6) is 0 Å². The van der Waals surface area contributed by atoms with E-state index in [1.54, 1.807) is 18.7 Å². The molecule has 1 saturated heterocycles. The molecule has 0 N–H and O–H groups in total. The molecule has 0 aromatic carbocycles. The Hall–Kier alpha value is -1.92. The van der Waals surface area contributed by atoms with E-state index in [0.717, 1.165) is 31.5 Å². The van der Waals surface area contributed by atoms with Crippen LogP contribution in [-0.2, 0) is 20.7 Å². The molecule has 0 radical (unpaired) electrons. The summed E-state index contributed by atoms with van der Waals surface area (Å²) in [6.07, 6.45) is 4.94. The lowest BCUT2D eigenvalue weighted by Gasteiger charge is -2.36. The van der Waals surface area contributed by atoms with Crippen LogP contribution in [0.2, 0.25) is 0 Å². The second-order valence-electron chi connectivity index (χ2n) is 7.39. The van der Waals surface area contributed by atoms with E-state index in [9.17, 15) is 9.59 Å². The van der Waals surface area contributed by atoms with Crippen molar-refractivity contribution in [2.75, 3.05) is 13.1 Å². The molecular weight excluding hydrogens is 310 g/mol. The molecule has 1 aliphatic heterocycles. The molecule has 0 spiro atoms. The van der Waals surface area contributed by atoms with E-state index in [4.69, 9.17) is 9.26 Å². The Labute approximate surface area is 141 Å². The Morgan fingerprint density at radius 2 is 2.08 bits per heavy atom. The SMILES string of the molecule is CC(=O)OC(C)(C)C(=O)N1CCCC(Cc2nc(C3CC3)no2)C1. The second-order valence-corrected chi connectivity index (χ2v) is 7.39. The molecule has 1 aliphatic carbocycles. The van der Waals surface area contributed by atoms with Crippen molar-refractivity contribution in [3.05, 3.63) is 11.7 Å². The quantitative estimate of drug-likeness (QED) is 0.766. The molecule has 2 heterocycles. The monoisotopic (exact) mass is 335 g/mol. The van der Waals surface area contributed by atoms with Gasteiger partial charge >= 0.3 is 5.97 Å². The summed E-state index contributed by atoms with van der Waals surface area (Å²) in [4.78, 5) is 30.1. The number of hydrogen-bond acceptors (Lipinski definition) is 6. The first-order valence-electron chi connectivity index (χ1n) is 8.66. The maximum absolute atomic E-state index is 12.7. The number of piperidine rings is 1. The summed E-state index contributed by atoms with van der Waals surface area (Å²) < 4.78 is 10.5. The molecule has 1 aromatic rings. The van der Waals surface area contributed by atoms with E-state index in [1.807, 2.05) is 0 Å². The highest BCUT2D eigenvalue weighted by molar-refractivity contribution is 5.86.